The summed E-state index contributed by atoms with van der Waals surface area (Å²) in [5.41, 5.74) is 2.44. The van der Waals surface area contributed by atoms with Crippen LogP contribution in [-0.4, -0.2) is 24.2 Å². The first-order valence-electron chi connectivity index (χ1n) is 7.32. The number of nitrogens with zero attached hydrogens (tertiary/aromatic N) is 4. The highest BCUT2D eigenvalue weighted by molar-refractivity contribution is 7.84. The predicted molar refractivity (Wildman–Crippen MR) is 87.6 cm³/mol. The highest BCUT2D eigenvalue weighted by Crippen LogP contribution is 2.21. The molecular weight excluding hydrogens is 312 g/mol. The smallest absolute Gasteiger partial charge is 0.207 e. The molecular formula is C16H18N4O2S. The van der Waals surface area contributed by atoms with E-state index in [9.17, 15) is 4.21 Å². The Hall–Kier alpha value is -2.28. The SMILES string of the molecule is Cc1nc(CS(=O)C(C)c2cn(-c3ccccc3)nn2)oc1C. The molecule has 23 heavy (non-hydrogen) atoms. The van der Waals surface area contributed by atoms with Gasteiger partial charge in [-0.1, -0.05) is 23.4 Å². The molecule has 1 aromatic carbocycles. The van der Waals surface area contributed by atoms with Gasteiger partial charge in [-0.2, -0.15) is 0 Å². The van der Waals surface area contributed by atoms with Crippen molar-refractivity contribution in [2.45, 2.75) is 31.8 Å². The van der Waals surface area contributed by atoms with Crippen LogP contribution >= 0.6 is 0 Å². The highest BCUT2D eigenvalue weighted by Gasteiger charge is 2.20. The van der Waals surface area contributed by atoms with E-state index in [1.807, 2.05) is 57.3 Å². The lowest BCUT2D eigenvalue weighted by Crippen LogP contribution is -2.06. The van der Waals surface area contributed by atoms with Gasteiger partial charge in [0, 0.05) is 10.8 Å². The van der Waals surface area contributed by atoms with Gasteiger partial charge in [-0.3, -0.25) is 4.21 Å². The second-order valence-electron chi connectivity index (χ2n) is 5.34. The van der Waals surface area contributed by atoms with Crippen molar-refractivity contribution < 1.29 is 8.63 Å². The van der Waals surface area contributed by atoms with Gasteiger partial charge >= 0.3 is 0 Å². The molecule has 0 spiro atoms. The summed E-state index contributed by atoms with van der Waals surface area (Å²) in [5, 5.41) is 8.01. The van der Waals surface area contributed by atoms with Gasteiger partial charge in [0.2, 0.25) is 5.89 Å². The Morgan fingerprint density at radius 3 is 2.65 bits per heavy atom. The molecule has 6 nitrogen and oxygen atoms in total. The molecule has 0 N–H and O–H groups in total. The van der Waals surface area contributed by atoms with E-state index in [-0.39, 0.29) is 11.0 Å². The third-order valence-electron chi connectivity index (χ3n) is 3.68. The molecule has 0 amide bonds. The number of aromatic nitrogens is 4. The molecule has 2 atom stereocenters. The Labute approximate surface area is 137 Å². The van der Waals surface area contributed by atoms with Gasteiger partial charge in [-0.15, -0.1) is 5.10 Å². The fourth-order valence-corrected chi connectivity index (χ4v) is 3.15. The van der Waals surface area contributed by atoms with Gasteiger partial charge in [0.05, 0.1) is 28.5 Å². The first-order valence-corrected chi connectivity index (χ1v) is 8.70. The van der Waals surface area contributed by atoms with Gasteiger partial charge in [0.1, 0.15) is 11.5 Å². The number of hydrogen-bond donors (Lipinski definition) is 0. The Kier molecular flexibility index (Phi) is 4.38. The Morgan fingerprint density at radius 1 is 1.26 bits per heavy atom. The monoisotopic (exact) mass is 330 g/mol. The van der Waals surface area contributed by atoms with E-state index >= 15 is 0 Å². The first-order chi connectivity index (χ1) is 11.0. The molecule has 0 fully saturated rings. The molecule has 0 aliphatic heterocycles. The molecule has 3 rings (SSSR count). The average Bonchev–Trinajstić information content (AvgIpc) is 3.15. The minimum atomic E-state index is -1.18. The van der Waals surface area contributed by atoms with Crippen LogP contribution in [0.2, 0.25) is 0 Å². The summed E-state index contributed by atoms with van der Waals surface area (Å²) >= 11 is 0. The van der Waals surface area contributed by atoms with E-state index in [0.717, 1.165) is 17.1 Å². The number of rotatable bonds is 5. The van der Waals surface area contributed by atoms with Gasteiger partial charge < -0.3 is 4.42 Å². The van der Waals surface area contributed by atoms with Crippen LogP contribution in [0, 0.1) is 13.8 Å². The second-order valence-corrected chi connectivity index (χ2v) is 7.10. The van der Waals surface area contributed by atoms with E-state index in [0.29, 0.717) is 11.6 Å². The molecule has 2 heterocycles. The van der Waals surface area contributed by atoms with Crippen molar-refractivity contribution >= 4 is 10.8 Å². The van der Waals surface area contributed by atoms with Crippen molar-refractivity contribution in [3.05, 3.63) is 59.6 Å². The average molecular weight is 330 g/mol. The maximum atomic E-state index is 12.5. The van der Waals surface area contributed by atoms with Gasteiger partial charge in [0.25, 0.3) is 0 Å². The molecule has 0 radical (unpaired) electrons. The van der Waals surface area contributed by atoms with Crippen LogP contribution in [-0.2, 0) is 16.6 Å². The summed E-state index contributed by atoms with van der Waals surface area (Å²) in [6.45, 7) is 5.60. The molecule has 7 heteroatoms. The summed E-state index contributed by atoms with van der Waals surface area (Å²) in [6.07, 6.45) is 1.81. The zero-order valence-electron chi connectivity index (χ0n) is 13.3. The normalized spacial score (nSPS) is 13.9. The predicted octanol–water partition coefficient (Wildman–Crippen LogP) is 2.88. The van der Waals surface area contributed by atoms with E-state index < -0.39 is 10.8 Å². The fraction of sp³-hybridized carbons (Fsp3) is 0.312. The molecule has 2 unspecified atom stereocenters. The zero-order valence-corrected chi connectivity index (χ0v) is 14.1. The van der Waals surface area contributed by atoms with Crippen LogP contribution in [0.4, 0.5) is 0 Å². The van der Waals surface area contributed by atoms with Crippen molar-refractivity contribution in [1.29, 1.82) is 0 Å². The van der Waals surface area contributed by atoms with Crippen molar-refractivity contribution in [3.8, 4) is 5.69 Å². The number of oxazole rings is 1. The topological polar surface area (TPSA) is 73.8 Å². The lowest BCUT2D eigenvalue weighted by Gasteiger charge is -2.06. The molecule has 0 aliphatic carbocycles. The molecule has 0 saturated carbocycles. The minimum absolute atomic E-state index is 0.250. The number of para-hydroxylation sites is 1. The molecule has 2 aromatic heterocycles. The van der Waals surface area contributed by atoms with Crippen LogP contribution in [0.25, 0.3) is 5.69 Å². The lowest BCUT2D eigenvalue weighted by atomic mass is 10.3. The van der Waals surface area contributed by atoms with Crippen LogP contribution in [0.3, 0.4) is 0 Å². The third-order valence-corrected chi connectivity index (χ3v) is 5.24. The fourth-order valence-electron chi connectivity index (χ4n) is 2.15. The Morgan fingerprint density at radius 2 is 2.00 bits per heavy atom. The van der Waals surface area contributed by atoms with Crippen molar-refractivity contribution in [1.82, 2.24) is 20.0 Å². The third kappa shape index (κ3) is 3.39. The summed E-state index contributed by atoms with van der Waals surface area (Å²) < 4.78 is 19.7. The minimum Gasteiger partial charge on any atom is -0.445 e. The maximum absolute atomic E-state index is 12.5. The summed E-state index contributed by atoms with van der Waals surface area (Å²) in [7, 11) is -1.18. The highest BCUT2D eigenvalue weighted by atomic mass is 32.2. The standard InChI is InChI=1S/C16H18N4O2S/c1-11-12(2)22-16(17-11)10-23(21)13(3)15-9-20(19-18-15)14-7-5-4-6-8-14/h4-9,13H,10H2,1-3H3. The number of hydrogen-bond acceptors (Lipinski definition) is 5. The first kappa shape index (κ1) is 15.6. The van der Waals surface area contributed by atoms with Crippen LogP contribution in [0.15, 0.2) is 40.9 Å². The Bertz CT molecular complexity index is 806. The van der Waals surface area contributed by atoms with Crippen LogP contribution in [0.1, 0.15) is 35.2 Å². The molecule has 0 saturated heterocycles. The summed E-state index contributed by atoms with van der Waals surface area (Å²) in [6, 6.07) is 9.70. The maximum Gasteiger partial charge on any atom is 0.207 e. The van der Waals surface area contributed by atoms with Crippen molar-refractivity contribution in [3.63, 3.8) is 0 Å². The lowest BCUT2D eigenvalue weighted by molar-refractivity contribution is 0.487. The quantitative estimate of drug-likeness (QED) is 0.719. The number of benzene rings is 1. The van der Waals surface area contributed by atoms with E-state index in [1.54, 1.807) is 4.68 Å². The van der Waals surface area contributed by atoms with Crippen LogP contribution < -0.4 is 0 Å². The zero-order chi connectivity index (χ0) is 16.4. The van der Waals surface area contributed by atoms with Crippen LogP contribution in [0.5, 0.6) is 0 Å². The van der Waals surface area contributed by atoms with Gasteiger partial charge in [-0.25, -0.2) is 9.67 Å². The largest absolute Gasteiger partial charge is 0.445 e. The molecule has 0 bridgehead atoms. The van der Waals surface area contributed by atoms with Crippen molar-refractivity contribution in [2.75, 3.05) is 0 Å². The van der Waals surface area contributed by atoms with E-state index in [1.165, 1.54) is 0 Å². The summed E-state index contributed by atoms with van der Waals surface area (Å²) in [4.78, 5) is 4.28. The van der Waals surface area contributed by atoms with Gasteiger partial charge in [0.15, 0.2) is 0 Å². The van der Waals surface area contributed by atoms with Crippen molar-refractivity contribution in [2.24, 2.45) is 0 Å². The Balaban J connectivity index is 1.74. The van der Waals surface area contributed by atoms with Gasteiger partial charge in [-0.05, 0) is 32.9 Å². The second kappa shape index (κ2) is 6.45. The summed E-state index contributed by atoms with van der Waals surface area (Å²) in [5.74, 6) is 1.54. The van der Waals surface area contributed by atoms with E-state index in [2.05, 4.69) is 15.3 Å². The number of aryl methyl sites for hydroxylation is 2. The molecule has 3 aromatic rings. The molecule has 0 aliphatic rings. The van der Waals surface area contributed by atoms with E-state index in [4.69, 9.17) is 4.42 Å². The molecule has 120 valence electrons.